The van der Waals surface area contributed by atoms with Crippen LogP contribution < -0.4 is 11.1 Å². The van der Waals surface area contributed by atoms with Gasteiger partial charge in [0.25, 0.3) is 5.91 Å². The van der Waals surface area contributed by atoms with Crippen LogP contribution in [0.4, 0.5) is 5.69 Å². The number of nitrogens with one attached hydrogen (secondary N) is 1. The number of hydrogen-bond donors (Lipinski definition) is 2. The zero-order chi connectivity index (χ0) is 16.4. The van der Waals surface area contributed by atoms with Gasteiger partial charge in [0.05, 0.1) is 17.7 Å². The molecule has 5 nitrogen and oxygen atoms in total. The minimum Gasteiger partial charge on any atom is -0.366 e. The van der Waals surface area contributed by atoms with Crippen LogP contribution >= 0.6 is 0 Å². The van der Waals surface area contributed by atoms with Crippen LogP contribution in [0.15, 0.2) is 54.7 Å². The highest BCUT2D eigenvalue weighted by Gasteiger charge is 2.13. The SMILES string of the molecule is Cn1cc(CC(=O)Nc2ccccc2C(N)=O)c2ccccc21. The Balaban J connectivity index is 1.84. The van der Waals surface area contributed by atoms with Crippen LogP contribution in [0.5, 0.6) is 0 Å². The van der Waals surface area contributed by atoms with E-state index in [-0.39, 0.29) is 12.3 Å². The molecule has 0 radical (unpaired) electrons. The van der Waals surface area contributed by atoms with Crippen molar-refractivity contribution in [2.75, 3.05) is 5.32 Å². The molecule has 0 unspecified atom stereocenters. The fourth-order valence-electron chi connectivity index (χ4n) is 2.74. The Morgan fingerprint density at radius 1 is 1.09 bits per heavy atom. The van der Waals surface area contributed by atoms with E-state index in [9.17, 15) is 9.59 Å². The van der Waals surface area contributed by atoms with Crippen LogP contribution in [0.3, 0.4) is 0 Å². The third-order valence-electron chi connectivity index (χ3n) is 3.80. The molecule has 0 atom stereocenters. The largest absolute Gasteiger partial charge is 0.366 e. The van der Waals surface area contributed by atoms with Crippen LogP contribution in [-0.4, -0.2) is 16.4 Å². The van der Waals surface area contributed by atoms with Gasteiger partial charge in [-0.3, -0.25) is 9.59 Å². The van der Waals surface area contributed by atoms with Gasteiger partial charge in [0.1, 0.15) is 0 Å². The molecule has 1 heterocycles. The number of para-hydroxylation sites is 2. The van der Waals surface area contributed by atoms with Crippen molar-refractivity contribution in [3.8, 4) is 0 Å². The summed E-state index contributed by atoms with van der Waals surface area (Å²) in [5, 5.41) is 3.81. The Hall–Kier alpha value is -3.08. The van der Waals surface area contributed by atoms with Gasteiger partial charge in [-0.1, -0.05) is 30.3 Å². The molecule has 0 aliphatic rings. The van der Waals surface area contributed by atoms with E-state index in [1.807, 2.05) is 42.1 Å². The number of aromatic nitrogens is 1. The lowest BCUT2D eigenvalue weighted by atomic mass is 10.1. The number of nitrogens with two attached hydrogens (primary N) is 1. The van der Waals surface area contributed by atoms with Crippen molar-refractivity contribution in [1.82, 2.24) is 4.57 Å². The number of primary amides is 1. The van der Waals surface area contributed by atoms with E-state index in [0.717, 1.165) is 16.5 Å². The second kappa shape index (κ2) is 5.96. The first-order valence-electron chi connectivity index (χ1n) is 7.28. The Morgan fingerprint density at radius 2 is 1.78 bits per heavy atom. The number of amides is 2. The molecule has 0 aliphatic heterocycles. The Labute approximate surface area is 133 Å². The Morgan fingerprint density at radius 3 is 2.57 bits per heavy atom. The summed E-state index contributed by atoms with van der Waals surface area (Å²) in [6.45, 7) is 0. The monoisotopic (exact) mass is 307 g/mol. The molecule has 3 N–H and O–H groups in total. The first kappa shape index (κ1) is 14.8. The predicted octanol–water partition coefficient (Wildman–Crippen LogP) is 2.46. The molecule has 0 saturated carbocycles. The van der Waals surface area contributed by atoms with Gasteiger partial charge in [0.2, 0.25) is 5.91 Å². The first-order chi connectivity index (χ1) is 11.1. The number of anilines is 1. The number of benzene rings is 2. The molecule has 5 heteroatoms. The smallest absolute Gasteiger partial charge is 0.250 e. The molecule has 0 aliphatic carbocycles. The maximum absolute atomic E-state index is 12.3. The summed E-state index contributed by atoms with van der Waals surface area (Å²) < 4.78 is 2.00. The van der Waals surface area contributed by atoms with Gasteiger partial charge in [0, 0.05) is 24.1 Å². The fraction of sp³-hybridized carbons (Fsp3) is 0.111. The highest BCUT2D eigenvalue weighted by molar-refractivity contribution is 6.04. The highest BCUT2D eigenvalue weighted by atomic mass is 16.2. The molecule has 23 heavy (non-hydrogen) atoms. The van der Waals surface area contributed by atoms with Crippen LogP contribution in [0.2, 0.25) is 0 Å². The van der Waals surface area contributed by atoms with Crippen LogP contribution in [0.1, 0.15) is 15.9 Å². The lowest BCUT2D eigenvalue weighted by molar-refractivity contribution is -0.115. The average Bonchev–Trinajstić information content (AvgIpc) is 2.84. The van der Waals surface area contributed by atoms with E-state index < -0.39 is 5.91 Å². The fourth-order valence-corrected chi connectivity index (χ4v) is 2.74. The van der Waals surface area contributed by atoms with E-state index in [4.69, 9.17) is 5.73 Å². The van der Waals surface area contributed by atoms with Crippen molar-refractivity contribution in [3.63, 3.8) is 0 Å². The number of nitrogens with zero attached hydrogens (tertiary/aromatic N) is 1. The van der Waals surface area contributed by atoms with Crippen LogP contribution in [0, 0.1) is 0 Å². The van der Waals surface area contributed by atoms with Crippen molar-refractivity contribution in [3.05, 3.63) is 65.9 Å². The second-order valence-electron chi connectivity index (χ2n) is 5.42. The van der Waals surface area contributed by atoms with Crippen LogP contribution in [-0.2, 0) is 18.3 Å². The summed E-state index contributed by atoms with van der Waals surface area (Å²) in [6, 6.07) is 14.6. The van der Waals surface area contributed by atoms with Gasteiger partial charge in [-0.25, -0.2) is 0 Å². The molecule has 0 fully saturated rings. The maximum atomic E-state index is 12.3. The van der Waals surface area contributed by atoms with Crippen molar-refractivity contribution >= 4 is 28.4 Å². The molecule has 3 rings (SSSR count). The van der Waals surface area contributed by atoms with Gasteiger partial charge in [-0.05, 0) is 23.8 Å². The second-order valence-corrected chi connectivity index (χ2v) is 5.42. The summed E-state index contributed by atoms with van der Waals surface area (Å²) in [5.41, 5.74) is 8.09. The molecule has 2 aromatic carbocycles. The highest BCUT2D eigenvalue weighted by Crippen LogP contribution is 2.21. The summed E-state index contributed by atoms with van der Waals surface area (Å²) in [6.07, 6.45) is 2.18. The predicted molar refractivity (Wildman–Crippen MR) is 90.2 cm³/mol. The molecule has 0 saturated heterocycles. The minimum atomic E-state index is -0.564. The van der Waals surface area contributed by atoms with E-state index in [1.165, 1.54) is 0 Å². The normalized spacial score (nSPS) is 10.7. The Bertz CT molecular complexity index is 896. The number of hydrogen-bond acceptors (Lipinski definition) is 2. The summed E-state index contributed by atoms with van der Waals surface area (Å²) >= 11 is 0. The summed E-state index contributed by atoms with van der Waals surface area (Å²) in [7, 11) is 1.95. The molecule has 3 aromatic rings. The summed E-state index contributed by atoms with van der Waals surface area (Å²) in [4.78, 5) is 23.7. The molecular weight excluding hydrogens is 290 g/mol. The standard InChI is InChI=1S/C18H17N3O2/c1-21-11-12(13-6-3-5-9-16(13)21)10-17(22)20-15-8-4-2-7-14(15)18(19)23/h2-9,11H,10H2,1H3,(H2,19,23)(H,20,22). The number of fused-ring (bicyclic) bond motifs is 1. The van der Waals surface area contributed by atoms with E-state index in [2.05, 4.69) is 5.32 Å². The number of rotatable bonds is 4. The lowest BCUT2D eigenvalue weighted by Gasteiger charge is -2.08. The molecule has 2 amide bonds. The maximum Gasteiger partial charge on any atom is 0.250 e. The third-order valence-corrected chi connectivity index (χ3v) is 3.80. The zero-order valence-electron chi connectivity index (χ0n) is 12.7. The topological polar surface area (TPSA) is 77.1 Å². The zero-order valence-corrected chi connectivity index (χ0v) is 12.7. The minimum absolute atomic E-state index is 0.185. The van der Waals surface area contributed by atoms with Gasteiger partial charge in [0.15, 0.2) is 0 Å². The van der Waals surface area contributed by atoms with Crippen molar-refractivity contribution < 1.29 is 9.59 Å². The van der Waals surface area contributed by atoms with Crippen molar-refractivity contribution in [2.24, 2.45) is 12.8 Å². The molecule has 1 aromatic heterocycles. The van der Waals surface area contributed by atoms with Gasteiger partial charge >= 0.3 is 0 Å². The van der Waals surface area contributed by atoms with E-state index in [0.29, 0.717) is 11.3 Å². The van der Waals surface area contributed by atoms with Crippen molar-refractivity contribution in [1.29, 1.82) is 0 Å². The molecule has 0 bridgehead atoms. The molecule has 116 valence electrons. The van der Waals surface area contributed by atoms with E-state index in [1.54, 1.807) is 24.3 Å². The van der Waals surface area contributed by atoms with E-state index >= 15 is 0 Å². The number of carbonyl (C=O) groups excluding carboxylic acids is 2. The number of aryl methyl sites for hydroxylation is 1. The average molecular weight is 307 g/mol. The summed E-state index contributed by atoms with van der Waals surface area (Å²) in [5.74, 6) is -0.749. The first-order valence-corrected chi connectivity index (χ1v) is 7.28. The Kier molecular flexibility index (Phi) is 3.85. The van der Waals surface area contributed by atoms with Crippen LogP contribution in [0.25, 0.3) is 10.9 Å². The van der Waals surface area contributed by atoms with Gasteiger partial charge < -0.3 is 15.6 Å². The number of carbonyl (C=O) groups is 2. The van der Waals surface area contributed by atoms with Gasteiger partial charge in [-0.15, -0.1) is 0 Å². The molecule has 0 spiro atoms. The molecular formula is C18H17N3O2. The third kappa shape index (κ3) is 2.94. The van der Waals surface area contributed by atoms with Crippen molar-refractivity contribution in [2.45, 2.75) is 6.42 Å². The quantitative estimate of drug-likeness (QED) is 0.776. The van der Waals surface area contributed by atoms with Gasteiger partial charge in [-0.2, -0.15) is 0 Å². The lowest BCUT2D eigenvalue weighted by Crippen LogP contribution is -2.19.